The van der Waals surface area contributed by atoms with Crippen LogP contribution in [0.3, 0.4) is 0 Å². The quantitative estimate of drug-likeness (QED) is 0.418. The average molecular weight is 153 g/mol. The fourth-order valence-corrected chi connectivity index (χ4v) is 0.913. The van der Waals surface area contributed by atoms with Gasteiger partial charge in [-0.25, -0.2) is 10.8 Å². The molecule has 0 bridgehead atoms. The topological polar surface area (TPSA) is 71.2 Å². The number of hydrazine groups is 1. The van der Waals surface area contributed by atoms with Crippen molar-refractivity contribution in [2.45, 2.75) is 13.5 Å². The van der Waals surface area contributed by atoms with Gasteiger partial charge in [0.1, 0.15) is 5.82 Å². The van der Waals surface area contributed by atoms with Crippen LogP contribution in [0.25, 0.3) is 0 Å². The highest BCUT2D eigenvalue weighted by atomic mass is 16.3. The lowest BCUT2D eigenvalue weighted by Gasteiger charge is -2.06. The summed E-state index contributed by atoms with van der Waals surface area (Å²) < 4.78 is 0. The molecule has 0 amide bonds. The summed E-state index contributed by atoms with van der Waals surface area (Å²) >= 11 is 0. The molecule has 1 aromatic heterocycles. The molecule has 0 radical (unpaired) electrons. The maximum Gasteiger partial charge on any atom is 0.145 e. The van der Waals surface area contributed by atoms with Gasteiger partial charge in [0.2, 0.25) is 0 Å². The second kappa shape index (κ2) is 3.32. The number of nitrogens with one attached hydrogen (secondary N) is 1. The smallest absolute Gasteiger partial charge is 0.145 e. The predicted molar refractivity (Wildman–Crippen MR) is 42.7 cm³/mol. The number of aryl methyl sites for hydroxylation is 1. The Bertz CT molecular complexity index is 249. The van der Waals surface area contributed by atoms with E-state index < -0.39 is 0 Å². The zero-order valence-corrected chi connectivity index (χ0v) is 6.33. The first-order valence-electron chi connectivity index (χ1n) is 3.31. The molecule has 0 saturated carbocycles. The molecule has 0 fully saturated rings. The number of aliphatic hydroxyl groups is 1. The number of nitrogens with two attached hydrogens (primary N) is 1. The monoisotopic (exact) mass is 153 g/mol. The Morgan fingerprint density at radius 2 is 2.45 bits per heavy atom. The van der Waals surface area contributed by atoms with Crippen LogP contribution in [0.15, 0.2) is 12.3 Å². The van der Waals surface area contributed by atoms with Crippen LogP contribution in [0.2, 0.25) is 0 Å². The SMILES string of the molecule is Cc1ccnc(NN)c1CO. The molecule has 4 nitrogen and oxygen atoms in total. The van der Waals surface area contributed by atoms with Crippen LogP contribution >= 0.6 is 0 Å². The minimum absolute atomic E-state index is 0.0425. The molecule has 0 unspecified atom stereocenters. The van der Waals surface area contributed by atoms with Crippen LogP contribution in [0, 0.1) is 6.92 Å². The van der Waals surface area contributed by atoms with Crippen LogP contribution < -0.4 is 11.3 Å². The van der Waals surface area contributed by atoms with Gasteiger partial charge in [-0.05, 0) is 18.6 Å². The number of anilines is 1. The molecule has 1 heterocycles. The van der Waals surface area contributed by atoms with Gasteiger partial charge in [-0.2, -0.15) is 0 Å². The Labute approximate surface area is 65.0 Å². The number of aromatic nitrogens is 1. The van der Waals surface area contributed by atoms with E-state index in [1.807, 2.05) is 13.0 Å². The van der Waals surface area contributed by atoms with Crippen LogP contribution in [0.4, 0.5) is 5.82 Å². The van der Waals surface area contributed by atoms with Gasteiger partial charge in [0.05, 0.1) is 6.61 Å². The van der Waals surface area contributed by atoms with Crippen molar-refractivity contribution in [1.29, 1.82) is 0 Å². The number of hydrogen-bond donors (Lipinski definition) is 3. The fourth-order valence-electron chi connectivity index (χ4n) is 0.913. The summed E-state index contributed by atoms with van der Waals surface area (Å²) in [4.78, 5) is 3.93. The number of hydrogen-bond acceptors (Lipinski definition) is 4. The second-order valence-corrected chi connectivity index (χ2v) is 2.26. The summed E-state index contributed by atoms with van der Waals surface area (Å²) in [7, 11) is 0. The first kappa shape index (κ1) is 7.97. The zero-order valence-electron chi connectivity index (χ0n) is 6.33. The van der Waals surface area contributed by atoms with E-state index in [-0.39, 0.29) is 6.61 Å². The third kappa shape index (κ3) is 1.47. The van der Waals surface area contributed by atoms with Crippen molar-refractivity contribution in [2.24, 2.45) is 5.84 Å². The van der Waals surface area contributed by atoms with Crippen molar-refractivity contribution >= 4 is 5.82 Å². The van der Waals surface area contributed by atoms with E-state index in [0.717, 1.165) is 11.1 Å². The van der Waals surface area contributed by atoms with Crippen molar-refractivity contribution in [2.75, 3.05) is 5.43 Å². The van der Waals surface area contributed by atoms with E-state index >= 15 is 0 Å². The highest BCUT2D eigenvalue weighted by molar-refractivity contribution is 5.46. The number of nitrogen functional groups attached to an aromatic ring is 1. The molecule has 11 heavy (non-hydrogen) atoms. The van der Waals surface area contributed by atoms with Crippen LogP contribution in [-0.2, 0) is 6.61 Å². The van der Waals surface area contributed by atoms with Crippen LogP contribution in [-0.4, -0.2) is 10.1 Å². The van der Waals surface area contributed by atoms with Crippen molar-refractivity contribution in [3.8, 4) is 0 Å². The summed E-state index contributed by atoms with van der Waals surface area (Å²) in [5.41, 5.74) is 4.14. The van der Waals surface area contributed by atoms with Crippen LogP contribution in [0.5, 0.6) is 0 Å². The van der Waals surface area contributed by atoms with Gasteiger partial charge in [0.25, 0.3) is 0 Å². The predicted octanol–water partition coefficient (Wildman–Crippen LogP) is 0.168. The molecule has 0 atom stereocenters. The molecular weight excluding hydrogens is 142 g/mol. The lowest BCUT2D eigenvalue weighted by Crippen LogP contribution is -2.11. The molecule has 0 saturated heterocycles. The van der Waals surface area contributed by atoms with E-state index in [9.17, 15) is 0 Å². The molecule has 0 aromatic carbocycles. The molecule has 60 valence electrons. The molecule has 4 N–H and O–H groups in total. The Hall–Kier alpha value is -1.13. The number of nitrogens with zero attached hydrogens (tertiary/aromatic N) is 1. The van der Waals surface area contributed by atoms with E-state index in [4.69, 9.17) is 10.9 Å². The van der Waals surface area contributed by atoms with Gasteiger partial charge in [-0.3, -0.25) is 0 Å². The molecule has 1 aromatic rings. The summed E-state index contributed by atoms with van der Waals surface area (Å²) in [6, 6.07) is 1.83. The van der Waals surface area contributed by atoms with E-state index in [1.54, 1.807) is 6.20 Å². The Kier molecular flexibility index (Phi) is 2.40. The summed E-state index contributed by atoms with van der Waals surface area (Å²) in [5, 5.41) is 8.89. The Morgan fingerprint density at radius 3 is 2.91 bits per heavy atom. The minimum atomic E-state index is -0.0425. The van der Waals surface area contributed by atoms with Gasteiger partial charge in [-0.1, -0.05) is 0 Å². The normalized spacial score (nSPS) is 9.73. The van der Waals surface area contributed by atoms with Gasteiger partial charge >= 0.3 is 0 Å². The van der Waals surface area contributed by atoms with E-state index in [1.165, 1.54) is 0 Å². The maximum atomic E-state index is 8.89. The fraction of sp³-hybridized carbons (Fsp3) is 0.286. The highest BCUT2D eigenvalue weighted by Gasteiger charge is 2.02. The summed E-state index contributed by atoms with van der Waals surface area (Å²) in [6.07, 6.45) is 1.64. The number of rotatable bonds is 2. The maximum absolute atomic E-state index is 8.89. The van der Waals surface area contributed by atoms with Gasteiger partial charge in [-0.15, -0.1) is 0 Å². The highest BCUT2D eigenvalue weighted by Crippen LogP contribution is 2.14. The largest absolute Gasteiger partial charge is 0.392 e. The summed E-state index contributed by atoms with van der Waals surface area (Å²) in [5.74, 6) is 5.71. The standard InChI is InChI=1S/C7H11N3O/c1-5-2-3-9-7(10-8)6(5)4-11/h2-3,11H,4,8H2,1H3,(H,9,10). The Balaban J connectivity index is 3.13. The van der Waals surface area contributed by atoms with Gasteiger partial charge < -0.3 is 10.5 Å². The first-order valence-corrected chi connectivity index (χ1v) is 3.31. The molecule has 0 aliphatic rings. The molecular formula is C7H11N3O. The lowest BCUT2D eigenvalue weighted by molar-refractivity contribution is 0.281. The number of aliphatic hydroxyl groups excluding tert-OH is 1. The Morgan fingerprint density at radius 1 is 1.73 bits per heavy atom. The molecule has 0 aliphatic carbocycles. The third-order valence-electron chi connectivity index (χ3n) is 1.58. The van der Waals surface area contributed by atoms with Gasteiger partial charge in [0, 0.05) is 11.8 Å². The van der Waals surface area contributed by atoms with Crippen molar-refractivity contribution in [1.82, 2.24) is 4.98 Å². The van der Waals surface area contributed by atoms with E-state index in [0.29, 0.717) is 5.82 Å². The minimum Gasteiger partial charge on any atom is -0.392 e. The summed E-state index contributed by atoms with van der Waals surface area (Å²) in [6.45, 7) is 1.85. The van der Waals surface area contributed by atoms with Crippen molar-refractivity contribution in [3.63, 3.8) is 0 Å². The second-order valence-electron chi connectivity index (χ2n) is 2.26. The molecule has 0 aliphatic heterocycles. The molecule has 4 heteroatoms. The third-order valence-corrected chi connectivity index (χ3v) is 1.58. The lowest BCUT2D eigenvalue weighted by atomic mass is 10.1. The van der Waals surface area contributed by atoms with Gasteiger partial charge in [0.15, 0.2) is 0 Å². The molecule has 0 spiro atoms. The van der Waals surface area contributed by atoms with Crippen molar-refractivity contribution in [3.05, 3.63) is 23.4 Å². The van der Waals surface area contributed by atoms with E-state index in [2.05, 4.69) is 10.4 Å². The average Bonchev–Trinajstić information content (AvgIpc) is 2.04. The number of pyridine rings is 1. The van der Waals surface area contributed by atoms with Crippen LogP contribution in [0.1, 0.15) is 11.1 Å². The van der Waals surface area contributed by atoms with Crippen molar-refractivity contribution < 1.29 is 5.11 Å². The molecule has 1 rings (SSSR count). The zero-order chi connectivity index (χ0) is 8.27. The first-order chi connectivity index (χ1) is 5.29.